The van der Waals surface area contributed by atoms with Crippen LogP contribution in [0.5, 0.6) is 0 Å². The topological polar surface area (TPSA) is 17.1 Å². The van der Waals surface area contributed by atoms with E-state index in [4.69, 9.17) is 0 Å². The van der Waals surface area contributed by atoms with E-state index in [1.807, 2.05) is 0 Å². The van der Waals surface area contributed by atoms with Crippen LogP contribution in [0.1, 0.15) is 90.4 Å². The van der Waals surface area contributed by atoms with Crippen molar-refractivity contribution in [1.29, 1.82) is 0 Å². The molecule has 2 aliphatic carbocycles. The molecule has 0 aromatic heterocycles. The third kappa shape index (κ3) is 5.22. The molecule has 0 radical (unpaired) electrons. The molecule has 20 heavy (non-hydrogen) atoms. The fourth-order valence-corrected chi connectivity index (χ4v) is 4.51. The normalized spacial score (nSPS) is 34.9. The molecular weight excluding hydrogens is 244 g/mol. The van der Waals surface area contributed by atoms with Crippen LogP contribution < -0.4 is 0 Å². The van der Waals surface area contributed by atoms with E-state index in [0.717, 1.165) is 30.6 Å². The van der Waals surface area contributed by atoms with Crippen molar-refractivity contribution >= 4 is 6.29 Å². The molecule has 2 aliphatic rings. The summed E-state index contributed by atoms with van der Waals surface area (Å²) in [4.78, 5) is 10.8. The molecule has 0 spiro atoms. The molecule has 2 atom stereocenters. The highest BCUT2D eigenvalue weighted by atomic mass is 16.1. The van der Waals surface area contributed by atoms with E-state index in [1.54, 1.807) is 0 Å². The van der Waals surface area contributed by atoms with E-state index in [0.29, 0.717) is 5.92 Å². The lowest BCUT2D eigenvalue weighted by atomic mass is 9.77. The second-order valence-corrected chi connectivity index (χ2v) is 7.51. The number of rotatable bonds is 7. The molecule has 0 aromatic rings. The molecule has 0 bridgehead atoms. The number of hydrogen-bond donors (Lipinski definition) is 0. The lowest BCUT2D eigenvalue weighted by Crippen LogP contribution is -2.16. The standard InChI is InChI=1S/C19H34O/c1-2-16-8-5-9-18(14-16)7-4-3-6-17-10-12-19(15-20)13-11-17/h15-19H,2-14H2,1H3. The van der Waals surface area contributed by atoms with Gasteiger partial charge in [0.05, 0.1) is 0 Å². The monoisotopic (exact) mass is 278 g/mol. The predicted molar refractivity (Wildman–Crippen MR) is 85.7 cm³/mol. The van der Waals surface area contributed by atoms with Gasteiger partial charge in [0.1, 0.15) is 6.29 Å². The quantitative estimate of drug-likeness (QED) is 0.427. The SMILES string of the molecule is CCC1CCCC(CCCCC2CCC(C=O)CC2)C1. The van der Waals surface area contributed by atoms with Crippen LogP contribution in [0.25, 0.3) is 0 Å². The molecular formula is C19H34O. The average molecular weight is 278 g/mol. The molecule has 0 amide bonds. The molecule has 0 aromatic carbocycles. The van der Waals surface area contributed by atoms with Crippen molar-refractivity contribution in [1.82, 2.24) is 0 Å². The predicted octanol–water partition coefficient (Wildman–Crippen LogP) is 5.77. The summed E-state index contributed by atoms with van der Waals surface area (Å²) in [6.45, 7) is 2.36. The Hall–Kier alpha value is -0.330. The fraction of sp³-hybridized carbons (Fsp3) is 0.947. The van der Waals surface area contributed by atoms with Crippen molar-refractivity contribution in [3.63, 3.8) is 0 Å². The van der Waals surface area contributed by atoms with Gasteiger partial charge in [-0.3, -0.25) is 0 Å². The molecule has 1 heteroatoms. The lowest BCUT2D eigenvalue weighted by molar-refractivity contribution is -0.112. The molecule has 0 N–H and O–H groups in total. The molecule has 2 rings (SSSR count). The molecule has 0 heterocycles. The van der Waals surface area contributed by atoms with Crippen molar-refractivity contribution in [2.45, 2.75) is 90.4 Å². The molecule has 2 unspecified atom stereocenters. The first-order valence-corrected chi connectivity index (χ1v) is 9.27. The summed E-state index contributed by atoms with van der Waals surface area (Å²) >= 11 is 0. The Morgan fingerprint density at radius 2 is 1.50 bits per heavy atom. The zero-order valence-corrected chi connectivity index (χ0v) is 13.5. The summed E-state index contributed by atoms with van der Waals surface area (Å²) in [6, 6.07) is 0. The second-order valence-electron chi connectivity index (χ2n) is 7.51. The van der Waals surface area contributed by atoms with E-state index >= 15 is 0 Å². The third-order valence-electron chi connectivity index (χ3n) is 6.03. The van der Waals surface area contributed by atoms with Gasteiger partial charge in [0.2, 0.25) is 0 Å². The van der Waals surface area contributed by atoms with Crippen LogP contribution in [0.4, 0.5) is 0 Å². The first-order chi connectivity index (χ1) is 9.81. The molecule has 0 aliphatic heterocycles. The van der Waals surface area contributed by atoms with Crippen molar-refractivity contribution < 1.29 is 4.79 Å². The van der Waals surface area contributed by atoms with Crippen LogP contribution in [0, 0.1) is 23.7 Å². The minimum atomic E-state index is 0.388. The van der Waals surface area contributed by atoms with E-state index in [2.05, 4.69) is 6.92 Å². The second kappa shape index (κ2) is 8.85. The highest BCUT2D eigenvalue weighted by molar-refractivity contribution is 5.53. The summed E-state index contributed by atoms with van der Waals surface area (Å²) in [6.07, 6.45) is 19.3. The van der Waals surface area contributed by atoms with Gasteiger partial charge < -0.3 is 4.79 Å². The highest BCUT2D eigenvalue weighted by Gasteiger charge is 2.22. The van der Waals surface area contributed by atoms with E-state index in [9.17, 15) is 4.79 Å². The van der Waals surface area contributed by atoms with Gasteiger partial charge in [-0.2, -0.15) is 0 Å². The summed E-state index contributed by atoms with van der Waals surface area (Å²) < 4.78 is 0. The maximum Gasteiger partial charge on any atom is 0.123 e. The van der Waals surface area contributed by atoms with Gasteiger partial charge in [0.15, 0.2) is 0 Å². The zero-order valence-electron chi connectivity index (χ0n) is 13.5. The van der Waals surface area contributed by atoms with E-state index in [1.165, 1.54) is 76.9 Å². The van der Waals surface area contributed by atoms with Crippen LogP contribution in [-0.4, -0.2) is 6.29 Å². The molecule has 0 saturated heterocycles. The summed E-state index contributed by atoms with van der Waals surface area (Å²) in [5.74, 6) is 3.40. The summed E-state index contributed by atoms with van der Waals surface area (Å²) in [5.41, 5.74) is 0. The van der Waals surface area contributed by atoms with Crippen molar-refractivity contribution in [2.75, 3.05) is 0 Å². The fourth-order valence-electron chi connectivity index (χ4n) is 4.51. The number of carbonyl (C=O) groups is 1. The van der Waals surface area contributed by atoms with Crippen molar-refractivity contribution in [3.8, 4) is 0 Å². The van der Waals surface area contributed by atoms with Crippen LogP contribution in [0.3, 0.4) is 0 Å². The molecule has 1 nitrogen and oxygen atoms in total. The van der Waals surface area contributed by atoms with Gasteiger partial charge in [-0.25, -0.2) is 0 Å². The van der Waals surface area contributed by atoms with Crippen molar-refractivity contribution in [3.05, 3.63) is 0 Å². The van der Waals surface area contributed by atoms with Gasteiger partial charge >= 0.3 is 0 Å². The Bertz CT molecular complexity index is 265. The number of aldehydes is 1. The summed E-state index contributed by atoms with van der Waals surface area (Å²) in [7, 11) is 0. The Morgan fingerprint density at radius 1 is 0.850 bits per heavy atom. The van der Waals surface area contributed by atoms with Gasteiger partial charge in [-0.1, -0.05) is 58.3 Å². The van der Waals surface area contributed by atoms with Crippen LogP contribution in [-0.2, 0) is 4.79 Å². The molecule has 2 saturated carbocycles. The Morgan fingerprint density at radius 3 is 2.15 bits per heavy atom. The zero-order chi connectivity index (χ0) is 14.2. The summed E-state index contributed by atoms with van der Waals surface area (Å²) in [5, 5.41) is 0. The maximum absolute atomic E-state index is 10.8. The van der Waals surface area contributed by atoms with Crippen molar-refractivity contribution in [2.24, 2.45) is 23.7 Å². The van der Waals surface area contributed by atoms with E-state index in [-0.39, 0.29) is 0 Å². The Labute approximate surface area is 125 Å². The number of unbranched alkanes of at least 4 members (excludes halogenated alkanes) is 1. The number of hydrogen-bond acceptors (Lipinski definition) is 1. The van der Waals surface area contributed by atoms with Gasteiger partial charge in [0.25, 0.3) is 0 Å². The van der Waals surface area contributed by atoms with Gasteiger partial charge in [-0.15, -0.1) is 0 Å². The average Bonchev–Trinajstić information content (AvgIpc) is 2.52. The van der Waals surface area contributed by atoms with Gasteiger partial charge in [0, 0.05) is 5.92 Å². The molecule has 2 fully saturated rings. The Kier molecular flexibility index (Phi) is 7.10. The van der Waals surface area contributed by atoms with Crippen LogP contribution in [0.15, 0.2) is 0 Å². The lowest BCUT2D eigenvalue weighted by Gasteiger charge is -2.29. The van der Waals surface area contributed by atoms with Gasteiger partial charge in [-0.05, 0) is 49.9 Å². The Balaban J connectivity index is 1.52. The van der Waals surface area contributed by atoms with E-state index < -0.39 is 0 Å². The van der Waals surface area contributed by atoms with Crippen LogP contribution >= 0.6 is 0 Å². The molecule has 116 valence electrons. The maximum atomic E-state index is 10.8. The highest BCUT2D eigenvalue weighted by Crippen LogP contribution is 2.35. The number of carbonyl (C=O) groups excluding carboxylic acids is 1. The largest absolute Gasteiger partial charge is 0.303 e. The minimum absolute atomic E-state index is 0.388. The van der Waals surface area contributed by atoms with Crippen LogP contribution in [0.2, 0.25) is 0 Å². The smallest absolute Gasteiger partial charge is 0.123 e. The minimum Gasteiger partial charge on any atom is -0.303 e. The third-order valence-corrected chi connectivity index (χ3v) is 6.03. The first-order valence-electron chi connectivity index (χ1n) is 9.27. The first kappa shape index (κ1) is 16.0.